The number of hydrogen-bond acceptors (Lipinski definition) is 0. The topological polar surface area (TPSA) is 4.93 Å². The van der Waals surface area contributed by atoms with Gasteiger partial charge in [-0.1, -0.05) is 188 Å². The molecule has 2 heteroatoms. The number of fused-ring (bicyclic) bond motifs is 13. The third-order valence-corrected chi connectivity index (χ3v) is 14.6. The van der Waals surface area contributed by atoms with Crippen LogP contribution in [0.2, 0.25) is 0 Å². The molecule has 1 atom stereocenters. The minimum Gasteiger partial charge on any atom is -0.309 e. The number of para-hydroxylation sites is 1. The largest absolute Gasteiger partial charge is 0.309 e. The molecule has 12 rings (SSSR count). The normalized spacial score (nSPS) is 13.3. The Morgan fingerprint density at radius 1 is 0.310 bits per heavy atom. The average molecular weight is 754 g/mol. The van der Waals surface area contributed by atoms with Crippen molar-refractivity contribution in [1.82, 2.24) is 4.57 Å². The Hall–Kier alpha value is -7.05. The van der Waals surface area contributed by atoms with Gasteiger partial charge in [-0.3, -0.25) is 0 Å². The van der Waals surface area contributed by atoms with Crippen molar-refractivity contribution < 1.29 is 0 Å². The lowest BCUT2D eigenvalue weighted by Crippen LogP contribution is -2.22. The molecule has 0 radical (unpaired) electrons. The summed E-state index contributed by atoms with van der Waals surface area (Å²) >= 11 is 0. The van der Waals surface area contributed by atoms with Gasteiger partial charge in [-0.25, -0.2) is 0 Å². The summed E-state index contributed by atoms with van der Waals surface area (Å²) in [6, 6.07) is 81.1. The summed E-state index contributed by atoms with van der Waals surface area (Å²) in [5.41, 5.74) is 12.5. The van der Waals surface area contributed by atoms with Gasteiger partial charge < -0.3 is 4.57 Å². The van der Waals surface area contributed by atoms with Crippen molar-refractivity contribution in [3.63, 3.8) is 0 Å². The monoisotopic (exact) mass is 753 g/mol. The van der Waals surface area contributed by atoms with Crippen LogP contribution in [-0.2, 0) is 0 Å². The van der Waals surface area contributed by atoms with E-state index >= 15 is 0 Å². The summed E-state index contributed by atoms with van der Waals surface area (Å²) in [5, 5.41) is 13.2. The molecule has 1 aliphatic heterocycles. The Morgan fingerprint density at radius 2 is 0.810 bits per heavy atom. The second-order valence-corrected chi connectivity index (χ2v) is 17.4. The van der Waals surface area contributed by atoms with Crippen LogP contribution in [0.25, 0.3) is 93.5 Å². The molecule has 1 nitrogen and oxygen atoms in total. The predicted octanol–water partition coefficient (Wildman–Crippen LogP) is 13.8. The summed E-state index contributed by atoms with van der Waals surface area (Å²) in [4.78, 5) is 0. The zero-order valence-corrected chi connectivity index (χ0v) is 32.6. The molecule has 1 aromatic heterocycles. The van der Waals surface area contributed by atoms with Gasteiger partial charge >= 0.3 is 0 Å². The van der Waals surface area contributed by atoms with E-state index in [1.807, 2.05) is 0 Å². The molecule has 0 saturated carbocycles. The fraction of sp³-hybridized carbons (Fsp3) is 0. The summed E-state index contributed by atoms with van der Waals surface area (Å²) in [7, 11) is -0.877. The highest BCUT2D eigenvalue weighted by Crippen LogP contribution is 2.50. The quantitative estimate of drug-likeness (QED) is 0.125. The second kappa shape index (κ2) is 13.3. The molecule has 1 aliphatic rings. The second-order valence-electron chi connectivity index (χ2n) is 15.3. The number of rotatable bonds is 4. The van der Waals surface area contributed by atoms with Crippen LogP contribution in [0.1, 0.15) is 0 Å². The molecule has 0 N–H and O–H groups in total. The lowest BCUT2D eigenvalue weighted by atomic mass is 9.92. The summed E-state index contributed by atoms with van der Waals surface area (Å²) < 4.78 is 2.52. The Balaban J connectivity index is 1.05. The Morgan fingerprint density at radius 3 is 1.53 bits per heavy atom. The SMILES string of the molecule is c1ccc(-c2cccc(P3c4ccccc4-c4c(n(-c5ccc(-c6ccc7c8ccccc8c8ccccc8c7c6)cc5)c5ccccc45)-c4ccccc43)c2)cc1. The highest BCUT2D eigenvalue weighted by Gasteiger charge is 2.32. The molecule has 1 unspecified atom stereocenters. The number of hydrogen-bond donors (Lipinski definition) is 0. The van der Waals surface area contributed by atoms with Crippen molar-refractivity contribution in [3.8, 4) is 50.3 Å². The van der Waals surface area contributed by atoms with E-state index in [4.69, 9.17) is 0 Å². The number of benzene rings is 10. The number of nitrogens with zero attached hydrogens (tertiary/aromatic N) is 1. The maximum atomic E-state index is 2.52. The highest BCUT2D eigenvalue weighted by atomic mass is 31.1. The van der Waals surface area contributed by atoms with Gasteiger partial charge in [0, 0.05) is 22.2 Å². The summed E-state index contributed by atoms with van der Waals surface area (Å²) in [6.07, 6.45) is 0. The molecule has 0 fully saturated rings. The third-order valence-electron chi connectivity index (χ3n) is 12.1. The van der Waals surface area contributed by atoms with E-state index in [0.717, 1.165) is 5.69 Å². The lowest BCUT2D eigenvalue weighted by Gasteiger charge is -2.23. The zero-order chi connectivity index (χ0) is 38.2. The minimum atomic E-state index is -0.877. The Labute approximate surface area is 338 Å². The summed E-state index contributed by atoms with van der Waals surface area (Å²) in [6.45, 7) is 0. The van der Waals surface area contributed by atoms with Gasteiger partial charge in [-0.05, 0) is 114 Å². The van der Waals surface area contributed by atoms with E-state index in [9.17, 15) is 0 Å². The molecule has 0 amide bonds. The molecule has 0 aliphatic carbocycles. The molecule has 58 heavy (non-hydrogen) atoms. The van der Waals surface area contributed by atoms with E-state index in [-0.39, 0.29) is 0 Å². The Bertz CT molecular complexity index is 3360. The molecule has 270 valence electrons. The molecular weight excluding hydrogens is 718 g/mol. The van der Waals surface area contributed by atoms with Crippen LogP contribution in [0.5, 0.6) is 0 Å². The first-order chi connectivity index (χ1) is 28.8. The molecule has 0 saturated heterocycles. The van der Waals surface area contributed by atoms with E-state index in [0.29, 0.717) is 0 Å². The van der Waals surface area contributed by atoms with Gasteiger partial charge in [0.05, 0.1) is 11.2 Å². The van der Waals surface area contributed by atoms with Crippen LogP contribution in [0.4, 0.5) is 0 Å². The van der Waals surface area contributed by atoms with Gasteiger partial charge in [-0.15, -0.1) is 0 Å². The smallest absolute Gasteiger partial charge is 0.0626 e. The maximum Gasteiger partial charge on any atom is 0.0626 e. The van der Waals surface area contributed by atoms with Crippen LogP contribution in [-0.4, -0.2) is 4.57 Å². The van der Waals surface area contributed by atoms with Crippen molar-refractivity contribution in [3.05, 3.63) is 218 Å². The molecule has 10 aromatic carbocycles. The van der Waals surface area contributed by atoms with Gasteiger partial charge in [0.25, 0.3) is 0 Å². The van der Waals surface area contributed by atoms with Gasteiger partial charge in [0.1, 0.15) is 0 Å². The minimum absolute atomic E-state index is 0.877. The van der Waals surface area contributed by atoms with Crippen LogP contribution < -0.4 is 15.9 Å². The van der Waals surface area contributed by atoms with Crippen molar-refractivity contribution in [2.24, 2.45) is 0 Å². The fourth-order valence-corrected chi connectivity index (χ4v) is 12.2. The molecule has 2 heterocycles. The van der Waals surface area contributed by atoms with Crippen molar-refractivity contribution in [2.45, 2.75) is 0 Å². The van der Waals surface area contributed by atoms with Gasteiger partial charge in [0.15, 0.2) is 0 Å². The zero-order valence-electron chi connectivity index (χ0n) is 31.7. The fourth-order valence-electron chi connectivity index (χ4n) is 9.54. The number of aromatic nitrogens is 1. The Kier molecular flexibility index (Phi) is 7.58. The van der Waals surface area contributed by atoms with Gasteiger partial charge in [0.2, 0.25) is 0 Å². The summed E-state index contributed by atoms with van der Waals surface area (Å²) in [5.74, 6) is 0. The molecule has 0 bridgehead atoms. The van der Waals surface area contributed by atoms with E-state index in [1.165, 1.54) is 104 Å². The van der Waals surface area contributed by atoms with Crippen LogP contribution >= 0.6 is 7.92 Å². The third kappa shape index (κ3) is 5.07. The molecule has 11 aromatic rings. The van der Waals surface area contributed by atoms with Crippen molar-refractivity contribution in [2.75, 3.05) is 0 Å². The lowest BCUT2D eigenvalue weighted by molar-refractivity contribution is 1.14. The van der Waals surface area contributed by atoms with Crippen LogP contribution in [0.15, 0.2) is 218 Å². The molecular formula is C56H36NP. The van der Waals surface area contributed by atoms with E-state index in [2.05, 4.69) is 223 Å². The average Bonchev–Trinajstić information content (AvgIpc) is 3.58. The standard InChI is InChI=1S/C56H36NP/c1-2-15-37(16-3-1)39-17-14-18-42(35-39)58-53-27-12-9-24-49(53)55-48-23-8-11-26-52(48)57(56(55)50-25-10-13-28-54(50)58)41-32-29-38(30-33-41)40-31-34-47-45-21-5-4-19-43(45)44-20-6-7-22-46(44)51(47)36-40/h1-36H. The van der Waals surface area contributed by atoms with Crippen LogP contribution in [0, 0.1) is 0 Å². The highest BCUT2D eigenvalue weighted by molar-refractivity contribution is 7.80. The van der Waals surface area contributed by atoms with Crippen molar-refractivity contribution >= 4 is 67.1 Å². The van der Waals surface area contributed by atoms with E-state index in [1.54, 1.807) is 0 Å². The molecule has 0 spiro atoms. The van der Waals surface area contributed by atoms with Crippen LogP contribution in [0.3, 0.4) is 0 Å². The first-order valence-electron chi connectivity index (χ1n) is 20.0. The van der Waals surface area contributed by atoms with E-state index < -0.39 is 7.92 Å². The van der Waals surface area contributed by atoms with Gasteiger partial charge in [-0.2, -0.15) is 0 Å². The predicted molar refractivity (Wildman–Crippen MR) is 250 cm³/mol. The van der Waals surface area contributed by atoms with Crippen molar-refractivity contribution in [1.29, 1.82) is 0 Å². The first kappa shape index (κ1) is 33.1. The first-order valence-corrected chi connectivity index (χ1v) is 21.4. The maximum absolute atomic E-state index is 2.52.